The van der Waals surface area contributed by atoms with Crippen LogP contribution in [0.15, 0.2) is 41.5 Å². The number of hydrogen-bond acceptors (Lipinski definition) is 7. The maximum Gasteiger partial charge on any atom is 0.198 e. The second-order valence-corrected chi connectivity index (χ2v) is 8.10. The van der Waals surface area contributed by atoms with Crippen molar-refractivity contribution in [1.82, 2.24) is 19.6 Å². The smallest absolute Gasteiger partial charge is 0.198 e. The summed E-state index contributed by atoms with van der Waals surface area (Å²) in [6.45, 7) is 0.726. The molecule has 1 aromatic carbocycles. The van der Waals surface area contributed by atoms with E-state index in [9.17, 15) is 10.2 Å². The molecule has 4 aromatic rings. The number of methoxy groups -OCH3 is 1. The minimum Gasteiger partial charge on any atom is -0.497 e. The Bertz CT molecular complexity index is 1420. The summed E-state index contributed by atoms with van der Waals surface area (Å²) < 4.78 is 6.96. The molecule has 10 heteroatoms. The van der Waals surface area contributed by atoms with Crippen molar-refractivity contribution in [3.8, 4) is 17.5 Å². The first-order chi connectivity index (χ1) is 15.5. The van der Waals surface area contributed by atoms with E-state index in [0.29, 0.717) is 50.1 Å². The van der Waals surface area contributed by atoms with Gasteiger partial charge >= 0.3 is 0 Å². The van der Waals surface area contributed by atoms with Gasteiger partial charge in [-0.15, -0.1) is 0 Å². The van der Waals surface area contributed by atoms with Gasteiger partial charge in [0.1, 0.15) is 11.6 Å². The van der Waals surface area contributed by atoms with Crippen molar-refractivity contribution >= 4 is 34.8 Å². The second kappa shape index (κ2) is 8.08. The van der Waals surface area contributed by atoms with Crippen molar-refractivity contribution < 1.29 is 14.9 Å². The van der Waals surface area contributed by atoms with E-state index in [4.69, 9.17) is 26.3 Å². The van der Waals surface area contributed by atoms with Gasteiger partial charge in [-0.25, -0.2) is 4.98 Å². The first kappa shape index (κ1) is 20.2. The lowest BCUT2D eigenvalue weighted by Gasteiger charge is -2.10. The van der Waals surface area contributed by atoms with Crippen LogP contribution in [0.5, 0.6) is 17.5 Å². The minimum absolute atomic E-state index is 0.131. The summed E-state index contributed by atoms with van der Waals surface area (Å²) in [5.74, 6) is 1.55. The quantitative estimate of drug-likeness (QED) is 0.357. The van der Waals surface area contributed by atoms with Gasteiger partial charge in [-0.1, -0.05) is 11.6 Å². The van der Waals surface area contributed by atoms with Crippen molar-refractivity contribution in [2.45, 2.75) is 12.8 Å². The largest absolute Gasteiger partial charge is 0.497 e. The number of nitrogens with zero attached hydrogens (tertiary/aromatic N) is 4. The van der Waals surface area contributed by atoms with Crippen LogP contribution in [-0.4, -0.2) is 43.4 Å². The highest BCUT2D eigenvalue weighted by molar-refractivity contribution is 6.33. The fraction of sp³-hybridized carbons (Fsp3) is 0.227. The Balaban J connectivity index is 1.65. The van der Waals surface area contributed by atoms with Gasteiger partial charge in [0.15, 0.2) is 22.9 Å². The number of benzene rings is 1. The Morgan fingerprint density at radius 2 is 2.16 bits per heavy atom. The number of H-pyrrole nitrogens is 1. The lowest BCUT2D eigenvalue weighted by atomic mass is 10.2. The van der Waals surface area contributed by atoms with Crippen molar-refractivity contribution in [1.29, 1.82) is 0 Å². The van der Waals surface area contributed by atoms with E-state index in [2.05, 4.69) is 15.4 Å². The van der Waals surface area contributed by atoms with Crippen molar-refractivity contribution in [3.05, 3.63) is 57.8 Å². The Morgan fingerprint density at radius 3 is 2.88 bits per heavy atom. The fourth-order valence-electron chi connectivity index (χ4n) is 3.35. The molecule has 0 bridgehead atoms. The average Bonchev–Trinajstić information content (AvgIpc) is 3.44. The molecule has 164 valence electrons. The number of aromatic hydroxyl groups is 2. The summed E-state index contributed by atoms with van der Waals surface area (Å²) in [6.07, 6.45) is 5.71. The number of rotatable bonds is 6. The van der Waals surface area contributed by atoms with Crippen molar-refractivity contribution in [2.75, 3.05) is 19.0 Å². The standard InChI is InChI=1S/C22H21ClN6O3/c1-32-15-4-5-16(23)17(8-15)26-18-9-19(24-10-12-2-3-12)29-21(27-18)14(11-25-29)6-13-7-20(30)28-22(13)31/h4-9,11-12,26,28,30-31H,2-3,10H2,1H3. The van der Waals surface area contributed by atoms with Gasteiger partial charge in [0.2, 0.25) is 0 Å². The molecule has 0 spiro atoms. The molecule has 4 N–H and O–H groups in total. The van der Waals surface area contributed by atoms with Gasteiger partial charge in [-0.05, 0) is 37.0 Å². The Kier molecular flexibility index (Phi) is 5.10. The molecule has 1 aliphatic rings. The zero-order chi connectivity index (χ0) is 22.2. The number of nitrogens with one attached hydrogen (secondary N) is 2. The summed E-state index contributed by atoms with van der Waals surface area (Å²) in [4.78, 5) is 11.9. The van der Waals surface area contributed by atoms with Crippen LogP contribution >= 0.6 is 11.6 Å². The van der Waals surface area contributed by atoms with Crippen LogP contribution in [0, 0.1) is 5.92 Å². The Hall–Kier alpha value is -3.72. The fourth-order valence-corrected chi connectivity index (χ4v) is 3.52. The van der Waals surface area contributed by atoms with Gasteiger partial charge in [0, 0.05) is 35.5 Å². The van der Waals surface area contributed by atoms with E-state index >= 15 is 0 Å². The van der Waals surface area contributed by atoms with Gasteiger partial charge in [0.05, 0.1) is 24.0 Å². The maximum absolute atomic E-state index is 9.99. The Morgan fingerprint density at radius 1 is 1.31 bits per heavy atom. The van der Waals surface area contributed by atoms with E-state index in [0.717, 1.165) is 6.54 Å². The summed E-state index contributed by atoms with van der Waals surface area (Å²) in [5.41, 5.74) is 2.27. The predicted octanol–water partition coefficient (Wildman–Crippen LogP) is 2.73. The van der Waals surface area contributed by atoms with Crippen LogP contribution in [0.25, 0.3) is 11.7 Å². The number of halogens is 1. The van der Waals surface area contributed by atoms with E-state index in [1.165, 1.54) is 18.9 Å². The molecule has 0 radical (unpaired) electrons. The molecular weight excluding hydrogens is 432 g/mol. The molecule has 5 rings (SSSR count). The predicted molar refractivity (Wildman–Crippen MR) is 120 cm³/mol. The third kappa shape index (κ3) is 4.06. The first-order valence-electron chi connectivity index (χ1n) is 10.1. The van der Waals surface area contributed by atoms with Crippen molar-refractivity contribution in [3.63, 3.8) is 0 Å². The Labute approximate surface area is 187 Å². The number of hydrogen-bond donors (Lipinski definition) is 4. The number of aromatic nitrogens is 4. The van der Waals surface area contributed by atoms with Crippen LogP contribution in [0.2, 0.25) is 5.02 Å². The molecule has 0 aliphatic heterocycles. The maximum atomic E-state index is 9.99. The first-order valence-corrected chi connectivity index (χ1v) is 10.5. The lowest BCUT2D eigenvalue weighted by molar-refractivity contribution is 0.415. The summed E-state index contributed by atoms with van der Waals surface area (Å²) in [7, 11) is 1.59. The molecule has 9 nitrogen and oxygen atoms in total. The summed E-state index contributed by atoms with van der Waals surface area (Å²) in [6, 6.07) is 8.57. The average molecular weight is 453 g/mol. The zero-order valence-electron chi connectivity index (χ0n) is 17.2. The molecule has 1 saturated carbocycles. The molecule has 1 aliphatic carbocycles. The summed E-state index contributed by atoms with van der Waals surface area (Å²) >= 11 is 6.36. The van der Waals surface area contributed by atoms with E-state index < -0.39 is 0 Å². The van der Waals surface area contributed by atoms with Gasteiger partial charge in [-0.3, -0.25) is 9.98 Å². The van der Waals surface area contributed by atoms with Gasteiger partial charge < -0.3 is 20.3 Å². The van der Waals surface area contributed by atoms with E-state index in [-0.39, 0.29) is 11.8 Å². The molecule has 3 heterocycles. The van der Waals surface area contributed by atoms with Crippen LogP contribution in [0.3, 0.4) is 0 Å². The molecule has 3 aromatic heterocycles. The molecule has 0 unspecified atom stereocenters. The number of fused-ring (bicyclic) bond motifs is 1. The molecule has 0 saturated heterocycles. The molecular formula is C22H21ClN6O3. The number of aromatic amines is 1. The highest BCUT2D eigenvalue weighted by Gasteiger charge is 2.20. The normalized spacial score (nSPS) is 14.9. The zero-order valence-corrected chi connectivity index (χ0v) is 18.0. The van der Waals surface area contributed by atoms with Crippen molar-refractivity contribution in [2.24, 2.45) is 10.9 Å². The number of anilines is 2. The van der Waals surface area contributed by atoms with Crippen LogP contribution in [0.1, 0.15) is 18.4 Å². The third-order valence-corrected chi connectivity index (χ3v) is 5.58. The van der Waals surface area contributed by atoms with E-state index in [1.807, 2.05) is 6.07 Å². The van der Waals surface area contributed by atoms with Crippen LogP contribution in [0.4, 0.5) is 11.5 Å². The van der Waals surface area contributed by atoms with Gasteiger partial charge in [-0.2, -0.15) is 9.61 Å². The summed E-state index contributed by atoms with van der Waals surface area (Å²) in [5, 5.41) is 28.5. The highest BCUT2D eigenvalue weighted by atomic mass is 35.5. The topological polar surface area (TPSA) is 120 Å². The van der Waals surface area contributed by atoms with E-state index in [1.54, 1.807) is 42.1 Å². The SMILES string of the molecule is COc1ccc(Cl)c(Nc2cc(=NCC3CC3)n3ncc(=Cc4cc(O)[nH]c4O)c3n2)c1. The van der Waals surface area contributed by atoms with Crippen LogP contribution in [-0.2, 0) is 0 Å². The lowest BCUT2D eigenvalue weighted by Crippen LogP contribution is -2.20. The molecule has 1 fully saturated rings. The monoisotopic (exact) mass is 452 g/mol. The van der Waals surface area contributed by atoms with Gasteiger partial charge in [0.25, 0.3) is 0 Å². The molecule has 32 heavy (non-hydrogen) atoms. The minimum atomic E-state index is -0.141. The number of ether oxygens (including phenoxy) is 1. The second-order valence-electron chi connectivity index (χ2n) is 7.69. The highest BCUT2D eigenvalue weighted by Crippen LogP contribution is 2.29. The van der Waals surface area contributed by atoms with Crippen LogP contribution < -0.4 is 20.8 Å². The molecule has 0 amide bonds. The third-order valence-electron chi connectivity index (χ3n) is 5.25. The molecule has 0 atom stereocenters.